The minimum Gasteiger partial charge on any atom is -0.302 e. The van der Waals surface area contributed by atoms with Gasteiger partial charge in [-0.05, 0) is 33.5 Å². The fraction of sp³-hybridized carbons (Fsp3) is 1.00. The maximum absolute atomic E-state index is 2.51. The van der Waals surface area contributed by atoms with E-state index in [-0.39, 0.29) is 0 Å². The highest BCUT2D eigenvalue weighted by Gasteiger charge is 2.32. The number of likely N-dealkylation sites (tertiary alicyclic amines) is 1. The summed E-state index contributed by atoms with van der Waals surface area (Å²) >= 11 is 0. The predicted octanol–water partition coefficient (Wildman–Crippen LogP) is 1.42. The zero-order valence-electron chi connectivity index (χ0n) is 8.88. The SMILES string of the molecule is CCN(CC)CC1CC(C)N1C. The summed E-state index contributed by atoms with van der Waals surface area (Å²) in [5.74, 6) is 0. The van der Waals surface area contributed by atoms with Gasteiger partial charge in [0.2, 0.25) is 0 Å². The molecule has 0 bridgehead atoms. The van der Waals surface area contributed by atoms with Crippen molar-refractivity contribution >= 4 is 0 Å². The van der Waals surface area contributed by atoms with Gasteiger partial charge in [-0.15, -0.1) is 0 Å². The molecule has 1 heterocycles. The lowest BCUT2D eigenvalue weighted by atomic mass is 9.95. The summed E-state index contributed by atoms with van der Waals surface area (Å²) in [7, 11) is 2.24. The van der Waals surface area contributed by atoms with Gasteiger partial charge in [-0.25, -0.2) is 0 Å². The molecule has 1 aliphatic rings. The summed E-state index contributed by atoms with van der Waals surface area (Å²) in [6, 6.07) is 1.63. The molecule has 0 saturated carbocycles. The van der Waals surface area contributed by atoms with Crippen LogP contribution in [0, 0.1) is 0 Å². The average Bonchev–Trinajstić information content (AvgIpc) is 2.11. The van der Waals surface area contributed by atoms with Gasteiger partial charge in [0, 0.05) is 18.6 Å². The Morgan fingerprint density at radius 3 is 2.25 bits per heavy atom. The van der Waals surface area contributed by atoms with E-state index in [1.165, 1.54) is 26.1 Å². The Morgan fingerprint density at radius 2 is 1.92 bits per heavy atom. The molecular formula is C10H22N2. The van der Waals surface area contributed by atoms with Crippen molar-refractivity contribution in [1.82, 2.24) is 9.80 Å². The highest BCUT2D eigenvalue weighted by molar-refractivity contribution is 4.89. The van der Waals surface area contributed by atoms with E-state index in [1.807, 2.05) is 0 Å². The van der Waals surface area contributed by atoms with E-state index in [0.29, 0.717) is 0 Å². The highest BCUT2D eigenvalue weighted by atomic mass is 15.3. The number of likely N-dealkylation sites (N-methyl/N-ethyl adjacent to an activating group) is 2. The van der Waals surface area contributed by atoms with Gasteiger partial charge < -0.3 is 4.90 Å². The lowest BCUT2D eigenvalue weighted by Gasteiger charge is -2.46. The molecule has 0 aromatic carbocycles. The molecule has 1 saturated heterocycles. The summed E-state index contributed by atoms with van der Waals surface area (Å²) in [6.45, 7) is 10.4. The first-order chi connectivity index (χ1) is 5.69. The molecule has 1 aliphatic heterocycles. The molecule has 12 heavy (non-hydrogen) atoms. The van der Waals surface area contributed by atoms with Gasteiger partial charge in [-0.3, -0.25) is 4.90 Å². The van der Waals surface area contributed by atoms with Gasteiger partial charge in [0.05, 0.1) is 0 Å². The van der Waals surface area contributed by atoms with Crippen LogP contribution < -0.4 is 0 Å². The molecule has 0 radical (unpaired) electrons. The molecule has 72 valence electrons. The van der Waals surface area contributed by atoms with Crippen molar-refractivity contribution in [2.24, 2.45) is 0 Å². The number of nitrogens with zero attached hydrogens (tertiary/aromatic N) is 2. The van der Waals surface area contributed by atoms with Crippen LogP contribution in [-0.4, -0.2) is 48.6 Å². The van der Waals surface area contributed by atoms with E-state index >= 15 is 0 Å². The molecule has 2 heteroatoms. The number of hydrogen-bond acceptors (Lipinski definition) is 2. The second-order valence-corrected chi connectivity index (χ2v) is 3.89. The first-order valence-corrected chi connectivity index (χ1v) is 5.13. The second-order valence-electron chi connectivity index (χ2n) is 3.89. The first-order valence-electron chi connectivity index (χ1n) is 5.13. The topological polar surface area (TPSA) is 6.48 Å². The molecule has 2 atom stereocenters. The third-order valence-electron chi connectivity index (χ3n) is 3.25. The van der Waals surface area contributed by atoms with Crippen LogP contribution in [0.3, 0.4) is 0 Å². The van der Waals surface area contributed by atoms with Gasteiger partial charge in [-0.2, -0.15) is 0 Å². The lowest BCUT2D eigenvalue weighted by molar-refractivity contribution is 0.0308. The van der Waals surface area contributed by atoms with Gasteiger partial charge in [-0.1, -0.05) is 13.8 Å². The quantitative estimate of drug-likeness (QED) is 0.629. The van der Waals surface area contributed by atoms with Gasteiger partial charge in [0.25, 0.3) is 0 Å². The van der Waals surface area contributed by atoms with Crippen LogP contribution in [0.1, 0.15) is 27.2 Å². The Morgan fingerprint density at radius 1 is 1.33 bits per heavy atom. The van der Waals surface area contributed by atoms with Crippen molar-refractivity contribution in [3.8, 4) is 0 Å². The van der Waals surface area contributed by atoms with E-state index in [4.69, 9.17) is 0 Å². The number of rotatable bonds is 4. The van der Waals surface area contributed by atoms with Crippen molar-refractivity contribution in [2.45, 2.75) is 39.3 Å². The van der Waals surface area contributed by atoms with Gasteiger partial charge in [0.15, 0.2) is 0 Å². The maximum atomic E-state index is 2.51. The van der Waals surface area contributed by atoms with E-state index in [1.54, 1.807) is 0 Å². The van der Waals surface area contributed by atoms with Crippen LogP contribution in [0.4, 0.5) is 0 Å². The van der Waals surface area contributed by atoms with Crippen LogP contribution in [0.5, 0.6) is 0 Å². The zero-order chi connectivity index (χ0) is 9.14. The Hall–Kier alpha value is -0.0800. The summed E-state index contributed by atoms with van der Waals surface area (Å²) in [4.78, 5) is 4.99. The van der Waals surface area contributed by atoms with Crippen LogP contribution in [0.25, 0.3) is 0 Å². The maximum Gasteiger partial charge on any atom is 0.0237 e. The minimum atomic E-state index is 0.811. The average molecular weight is 170 g/mol. The van der Waals surface area contributed by atoms with E-state index in [0.717, 1.165) is 12.1 Å². The van der Waals surface area contributed by atoms with Crippen LogP contribution >= 0.6 is 0 Å². The Labute approximate surface area is 76.5 Å². The molecule has 0 aromatic rings. The summed E-state index contributed by atoms with van der Waals surface area (Å²) in [5, 5.41) is 0. The van der Waals surface area contributed by atoms with E-state index in [9.17, 15) is 0 Å². The van der Waals surface area contributed by atoms with Gasteiger partial charge >= 0.3 is 0 Å². The van der Waals surface area contributed by atoms with Crippen molar-refractivity contribution in [2.75, 3.05) is 26.7 Å². The molecule has 0 spiro atoms. The van der Waals surface area contributed by atoms with Crippen LogP contribution in [0.15, 0.2) is 0 Å². The second kappa shape index (κ2) is 4.24. The first kappa shape index (κ1) is 10.0. The Kier molecular flexibility index (Phi) is 3.53. The normalized spacial score (nSPS) is 30.8. The molecule has 2 nitrogen and oxygen atoms in total. The van der Waals surface area contributed by atoms with Gasteiger partial charge in [0.1, 0.15) is 0 Å². The van der Waals surface area contributed by atoms with Crippen LogP contribution in [0.2, 0.25) is 0 Å². The molecule has 0 aromatic heterocycles. The third kappa shape index (κ3) is 1.99. The lowest BCUT2D eigenvalue weighted by Crippen LogP contribution is -2.56. The van der Waals surface area contributed by atoms with Crippen molar-refractivity contribution in [3.63, 3.8) is 0 Å². The number of hydrogen-bond donors (Lipinski definition) is 0. The fourth-order valence-electron chi connectivity index (χ4n) is 1.93. The molecule has 1 fully saturated rings. The largest absolute Gasteiger partial charge is 0.302 e. The van der Waals surface area contributed by atoms with Crippen LogP contribution in [-0.2, 0) is 0 Å². The monoisotopic (exact) mass is 170 g/mol. The molecule has 0 amide bonds. The Balaban J connectivity index is 2.23. The standard InChI is InChI=1S/C10H22N2/c1-5-12(6-2)8-10-7-9(3)11(10)4/h9-10H,5-8H2,1-4H3. The molecule has 0 aliphatic carbocycles. The van der Waals surface area contributed by atoms with Crippen molar-refractivity contribution in [3.05, 3.63) is 0 Å². The summed E-state index contributed by atoms with van der Waals surface area (Å²) in [5.41, 5.74) is 0. The minimum absolute atomic E-state index is 0.811. The van der Waals surface area contributed by atoms with E-state index in [2.05, 4.69) is 37.6 Å². The molecule has 0 N–H and O–H groups in total. The molecule has 2 unspecified atom stereocenters. The predicted molar refractivity (Wildman–Crippen MR) is 53.4 cm³/mol. The fourth-order valence-corrected chi connectivity index (χ4v) is 1.93. The van der Waals surface area contributed by atoms with E-state index < -0.39 is 0 Å². The Bertz CT molecular complexity index is 132. The summed E-state index contributed by atoms with van der Waals surface area (Å²) in [6.07, 6.45) is 1.38. The summed E-state index contributed by atoms with van der Waals surface area (Å²) < 4.78 is 0. The third-order valence-corrected chi connectivity index (χ3v) is 3.25. The highest BCUT2D eigenvalue weighted by Crippen LogP contribution is 2.23. The van der Waals surface area contributed by atoms with Crippen molar-refractivity contribution in [1.29, 1.82) is 0 Å². The smallest absolute Gasteiger partial charge is 0.0237 e. The zero-order valence-corrected chi connectivity index (χ0v) is 8.88. The molecule has 1 rings (SSSR count). The molecular weight excluding hydrogens is 148 g/mol. The van der Waals surface area contributed by atoms with Crippen molar-refractivity contribution < 1.29 is 0 Å².